The Hall–Kier alpha value is -1.85. The molecule has 1 N–H and O–H groups in total. The van der Waals surface area contributed by atoms with Crippen LogP contribution in [0, 0.1) is 6.92 Å². The van der Waals surface area contributed by atoms with Crippen molar-refractivity contribution in [3.8, 4) is 5.75 Å². The van der Waals surface area contributed by atoms with Crippen LogP contribution in [0.5, 0.6) is 5.75 Å². The fourth-order valence-electron chi connectivity index (χ4n) is 1.81. The van der Waals surface area contributed by atoms with Gasteiger partial charge in [-0.15, -0.1) is 0 Å². The summed E-state index contributed by atoms with van der Waals surface area (Å²) in [5.74, 6) is 0.599. The van der Waals surface area contributed by atoms with Gasteiger partial charge >= 0.3 is 0 Å². The third-order valence-corrected chi connectivity index (χ3v) is 3.96. The van der Waals surface area contributed by atoms with Gasteiger partial charge in [0.2, 0.25) is 0 Å². The SMILES string of the molecule is COCCOc1ccc(NC(=O)c2ccc(C)c(Br)c2)cc1. The van der Waals surface area contributed by atoms with Crippen LogP contribution >= 0.6 is 15.9 Å². The number of hydrogen-bond acceptors (Lipinski definition) is 3. The summed E-state index contributed by atoms with van der Waals surface area (Å²) in [4.78, 5) is 12.2. The first kappa shape index (κ1) is 16.5. The molecule has 5 heteroatoms. The summed E-state index contributed by atoms with van der Waals surface area (Å²) >= 11 is 3.43. The molecule has 0 aliphatic rings. The van der Waals surface area contributed by atoms with E-state index in [2.05, 4.69) is 21.2 Å². The predicted octanol–water partition coefficient (Wildman–Crippen LogP) is 4.04. The molecule has 0 saturated heterocycles. The zero-order valence-corrected chi connectivity index (χ0v) is 14.1. The average molecular weight is 364 g/mol. The monoisotopic (exact) mass is 363 g/mol. The summed E-state index contributed by atoms with van der Waals surface area (Å²) in [7, 11) is 1.63. The van der Waals surface area contributed by atoms with Gasteiger partial charge in [0, 0.05) is 22.8 Å². The number of hydrogen-bond donors (Lipinski definition) is 1. The number of ether oxygens (including phenoxy) is 2. The van der Waals surface area contributed by atoms with Crippen LogP contribution in [0.1, 0.15) is 15.9 Å². The molecule has 0 radical (unpaired) electrons. The Morgan fingerprint density at radius 1 is 1.14 bits per heavy atom. The topological polar surface area (TPSA) is 47.6 Å². The molecule has 0 bridgehead atoms. The van der Waals surface area contributed by atoms with Crippen LogP contribution in [0.4, 0.5) is 5.69 Å². The number of aryl methyl sites for hydroxylation is 1. The minimum atomic E-state index is -0.145. The van der Waals surface area contributed by atoms with Crippen LogP contribution in [-0.2, 0) is 4.74 Å². The van der Waals surface area contributed by atoms with Crippen molar-refractivity contribution in [2.75, 3.05) is 25.6 Å². The second kappa shape index (κ2) is 7.96. The maximum atomic E-state index is 12.2. The Morgan fingerprint density at radius 3 is 2.50 bits per heavy atom. The van der Waals surface area contributed by atoms with Gasteiger partial charge in [0.15, 0.2) is 0 Å². The molecule has 0 aromatic heterocycles. The maximum Gasteiger partial charge on any atom is 0.255 e. The zero-order chi connectivity index (χ0) is 15.9. The smallest absolute Gasteiger partial charge is 0.255 e. The number of benzene rings is 2. The summed E-state index contributed by atoms with van der Waals surface area (Å²) in [5, 5.41) is 2.86. The highest BCUT2D eigenvalue weighted by Crippen LogP contribution is 2.20. The van der Waals surface area contributed by atoms with E-state index in [0.717, 1.165) is 21.5 Å². The van der Waals surface area contributed by atoms with Crippen molar-refractivity contribution in [3.05, 3.63) is 58.1 Å². The molecule has 0 saturated carbocycles. The molecular formula is C17H18BrNO3. The van der Waals surface area contributed by atoms with Crippen LogP contribution in [0.3, 0.4) is 0 Å². The van der Waals surface area contributed by atoms with Crippen molar-refractivity contribution in [2.24, 2.45) is 0 Å². The lowest BCUT2D eigenvalue weighted by Gasteiger charge is -2.09. The van der Waals surface area contributed by atoms with E-state index in [4.69, 9.17) is 9.47 Å². The van der Waals surface area contributed by atoms with E-state index >= 15 is 0 Å². The number of rotatable bonds is 6. The highest BCUT2D eigenvalue weighted by atomic mass is 79.9. The summed E-state index contributed by atoms with van der Waals surface area (Å²) in [6, 6.07) is 12.8. The molecule has 0 atom stereocenters. The first-order valence-corrected chi connectivity index (χ1v) is 7.69. The zero-order valence-electron chi connectivity index (χ0n) is 12.6. The molecule has 0 spiro atoms. The minimum Gasteiger partial charge on any atom is -0.491 e. The van der Waals surface area contributed by atoms with Gasteiger partial charge in [-0.2, -0.15) is 0 Å². The molecule has 0 aliphatic carbocycles. The van der Waals surface area contributed by atoms with Crippen molar-refractivity contribution in [1.29, 1.82) is 0 Å². The Balaban J connectivity index is 1.97. The molecule has 1 amide bonds. The second-order valence-corrected chi connectivity index (χ2v) is 5.64. The molecule has 2 aromatic carbocycles. The van der Waals surface area contributed by atoms with Crippen LogP contribution < -0.4 is 10.1 Å². The van der Waals surface area contributed by atoms with Crippen molar-refractivity contribution in [3.63, 3.8) is 0 Å². The minimum absolute atomic E-state index is 0.145. The van der Waals surface area contributed by atoms with Gasteiger partial charge in [0.1, 0.15) is 12.4 Å². The Kier molecular flexibility index (Phi) is 5.98. The predicted molar refractivity (Wildman–Crippen MR) is 90.6 cm³/mol. The van der Waals surface area contributed by atoms with Crippen molar-refractivity contribution in [1.82, 2.24) is 0 Å². The maximum absolute atomic E-state index is 12.2. The lowest BCUT2D eigenvalue weighted by molar-refractivity contribution is 0.102. The van der Waals surface area contributed by atoms with E-state index in [0.29, 0.717) is 18.8 Å². The number of halogens is 1. The van der Waals surface area contributed by atoms with Crippen LogP contribution in [-0.4, -0.2) is 26.2 Å². The number of nitrogens with one attached hydrogen (secondary N) is 1. The summed E-state index contributed by atoms with van der Waals surface area (Å²) < 4.78 is 11.3. The first-order chi connectivity index (χ1) is 10.6. The average Bonchev–Trinajstić information content (AvgIpc) is 2.52. The molecule has 4 nitrogen and oxygen atoms in total. The highest BCUT2D eigenvalue weighted by Gasteiger charge is 2.07. The van der Waals surface area contributed by atoms with Gasteiger partial charge in [-0.25, -0.2) is 0 Å². The van der Waals surface area contributed by atoms with E-state index in [1.807, 2.05) is 43.3 Å². The fraction of sp³-hybridized carbons (Fsp3) is 0.235. The van der Waals surface area contributed by atoms with Gasteiger partial charge in [0.25, 0.3) is 5.91 Å². The lowest BCUT2D eigenvalue weighted by atomic mass is 10.1. The van der Waals surface area contributed by atoms with Gasteiger partial charge in [-0.3, -0.25) is 4.79 Å². The number of carbonyl (C=O) groups excluding carboxylic acids is 1. The van der Waals surface area contributed by atoms with E-state index in [-0.39, 0.29) is 5.91 Å². The molecule has 2 rings (SSSR count). The quantitative estimate of drug-likeness (QED) is 0.788. The van der Waals surface area contributed by atoms with Crippen molar-refractivity contribution in [2.45, 2.75) is 6.92 Å². The van der Waals surface area contributed by atoms with Gasteiger partial charge < -0.3 is 14.8 Å². The number of methoxy groups -OCH3 is 1. The molecule has 0 fully saturated rings. The number of amides is 1. The van der Waals surface area contributed by atoms with Crippen LogP contribution in [0.2, 0.25) is 0 Å². The molecule has 116 valence electrons. The van der Waals surface area contributed by atoms with Gasteiger partial charge in [-0.05, 0) is 48.9 Å². The van der Waals surface area contributed by atoms with Crippen LogP contribution in [0.15, 0.2) is 46.9 Å². The van der Waals surface area contributed by atoms with Crippen molar-refractivity contribution < 1.29 is 14.3 Å². The summed E-state index contributed by atoms with van der Waals surface area (Å²) in [6.45, 7) is 3.02. The Labute approximate surface area is 138 Å². The lowest BCUT2D eigenvalue weighted by Crippen LogP contribution is -2.12. The van der Waals surface area contributed by atoms with Crippen molar-refractivity contribution >= 4 is 27.5 Å². The normalized spacial score (nSPS) is 10.3. The molecule has 0 heterocycles. The summed E-state index contributed by atoms with van der Waals surface area (Å²) in [5.41, 5.74) is 2.42. The molecule has 2 aromatic rings. The highest BCUT2D eigenvalue weighted by molar-refractivity contribution is 9.10. The second-order valence-electron chi connectivity index (χ2n) is 4.78. The molecule has 0 aliphatic heterocycles. The standard InChI is InChI=1S/C17H18BrNO3/c1-12-3-4-13(11-16(12)18)17(20)19-14-5-7-15(8-6-14)22-10-9-21-2/h3-8,11H,9-10H2,1-2H3,(H,19,20). The van der Waals surface area contributed by atoms with Crippen LogP contribution in [0.25, 0.3) is 0 Å². The third-order valence-electron chi connectivity index (χ3n) is 3.10. The number of carbonyl (C=O) groups is 1. The Bertz CT molecular complexity index is 641. The first-order valence-electron chi connectivity index (χ1n) is 6.89. The van der Waals surface area contributed by atoms with E-state index in [1.54, 1.807) is 13.2 Å². The molecular weight excluding hydrogens is 346 g/mol. The van der Waals surface area contributed by atoms with E-state index in [1.165, 1.54) is 0 Å². The third kappa shape index (κ3) is 4.58. The molecule has 0 unspecified atom stereocenters. The van der Waals surface area contributed by atoms with E-state index < -0.39 is 0 Å². The molecule has 22 heavy (non-hydrogen) atoms. The largest absolute Gasteiger partial charge is 0.491 e. The fourth-order valence-corrected chi connectivity index (χ4v) is 2.19. The van der Waals surface area contributed by atoms with E-state index in [9.17, 15) is 4.79 Å². The van der Waals surface area contributed by atoms with Gasteiger partial charge in [-0.1, -0.05) is 22.0 Å². The Morgan fingerprint density at radius 2 is 1.86 bits per heavy atom. The number of anilines is 1. The summed E-state index contributed by atoms with van der Waals surface area (Å²) in [6.07, 6.45) is 0. The van der Waals surface area contributed by atoms with Gasteiger partial charge in [0.05, 0.1) is 6.61 Å².